The maximum absolute atomic E-state index is 6.17. The van der Waals surface area contributed by atoms with Gasteiger partial charge in [0.05, 0.1) is 16.8 Å². The molecule has 0 saturated carbocycles. The highest BCUT2D eigenvalue weighted by Crippen LogP contribution is 2.28. The molecule has 0 radical (unpaired) electrons. The number of hydrogen-bond donors (Lipinski definition) is 1. The van der Waals surface area contributed by atoms with Crippen LogP contribution in [0.5, 0.6) is 0 Å². The van der Waals surface area contributed by atoms with Gasteiger partial charge in [-0.25, -0.2) is 0 Å². The van der Waals surface area contributed by atoms with Gasteiger partial charge in [-0.2, -0.15) is 0 Å². The van der Waals surface area contributed by atoms with Crippen molar-refractivity contribution in [3.05, 3.63) is 76.8 Å². The molecule has 3 heteroatoms. The van der Waals surface area contributed by atoms with Crippen molar-refractivity contribution in [2.45, 2.75) is 12.5 Å². The fourth-order valence-corrected chi connectivity index (χ4v) is 2.22. The summed E-state index contributed by atoms with van der Waals surface area (Å²) in [7, 11) is 0. The van der Waals surface area contributed by atoms with E-state index in [1.807, 2.05) is 54.6 Å². The van der Waals surface area contributed by atoms with Gasteiger partial charge in [0.15, 0.2) is 0 Å². The molecule has 2 aromatic rings. The van der Waals surface area contributed by atoms with Gasteiger partial charge in [0.2, 0.25) is 0 Å². The highest BCUT2D eigenvalue weighted by atomic mass is 35.5. The van der Waals surface area contributed by atoms with E-state index in [2.05, 4.69) is 11.9 Å². The Morgan fingerprint density at radius 2 is 1.74 bits per heavy atom. The summed E-state index contributed by atoms with van der Waals surface area (Å²) in [5.74, 6) is 0. The molecule has 0 amide bonds. The van der Waals surface area contributed by atoms with Gasteiger partial charge in [-0.05, 0) is 36.2 Å². The van der Waals surface area contributed by atoms with E-state index in [9.17, 15) is 0 Å². The van der Waals surface area contributed by atoms with Crippen LogP contribution in [0.4, 0.5) is 5.69 Å². The lowest BCUT2D eigenvalue weighted by Gasteiger charge is -2.20. The first-order valence-electron chi connectivity index (χ1n) is 6.08. The van der Waals surface area contributed by atoms with E-state index in [0.29, 0.717) is 5.02 Å². The van der Waals surface area contributed by atoms with Gasteiger partial charge in [0.1, 0.15) is 0 Å². The van der Waals surface area contributed by atoms with Gasteiger partial charge in [-0.1, -0.05) is 53.5 Å². The first-order chi connectivity index (χ1) is 9.20. The van der Waals surface area contributed by atoms with Crippen LogP contribution in [0.3, 0.4) is 0 Å². The molecule has 0 heterocycles. The van der Waals surface area contributed by atoms with Crippen molar-refractivity contribution in [2.75, 3.05) is 5.32 Å². The summed E-state index contributed by atoms with van der Waals surface area (Å²) in [6.45, 7) is 3.81. The van der Waals surface area contributed by atoms with E-state index in [-0.39, 0.29) is 6.04 Å². The second kappa shape index (κ2) is 6.65. The molecule has 1 N–H and O–H groups in total. The normalized spacial score (nSPS) is 11.9. The predicted molar refractivity (Wildman–Crippen MR) is 84.1 cm³/mol. The fraction of sp³-hybridized carbons (Fsp3) is 0.125. The van der Waals surface area contributed by atoms with Gasteiger partial charge in [0.25, 0.3) is 0 Å². The summed E-state index contributed by atoms with van der Waals surface area (Å²) in [4.78, 5) is 0. The summed E-state index contributed by atoms with van der Waals surface area (Å²) in [6.07, 6.45) is 2.70. The summed E-state index contributed by atoms with van der Waals surface area (Å²) in [6, 6.07) is 15.7. The third-order valence-corrected chi connectivity index (χ3v) is 3.46. The zero-order chi connectivity index (χ0) is 13.7. The molecule has 0 fully saturated rings. The van der Waals surface area contributed by atoms with Gasteiger partial charge in [-0.15, -0.1) is 6.58 Å². The van der Waals surface area contributed by atoms with Crippen molar-refractivity contribution >= 4 is 28.9 Å². The van der Waals surface area contributed by atoms with Gasteiger partial charge in [-0.3, -0.25) is 0 Å². The van der Waals surface area contributed by atoms with Gasteiger partial charge < -0.3 is 5.32 Å². The highest BCUT2D eigenvalue weighted by molar-refractivity contribution is 6.33. The third-order valence-electron chi connectivity index (χ3n) is 2.88. The molecule has 1 nitrogen and oxygen atoms in total. The Kier molecular flexibility index (Phi) is 4.89. The Hall–Kier alpha value is -1.44. The van der Waals surface area contributed by atoms with Crippen LogP contribution in [-0.2, 0) is 0 Å². The monoisotopic (exact) mass is 291 g/mol. The maximum Gasteiger partial charge on any atom is 0.0637 e. The Morgan fingerprint density at radius 3 is 2.37 bits per heavy atom. The minimum Gasteiger partial charge on any atom is -0.377 e. The van der Waals surface area contributed by atoms with Crippen LogP contribution in [0, 0.1) is 0 Å². The van der Waals surface area contributed by atoms with Gasteiger partial charge >= 0.3 is 0 Å². The van der Waals surface area contributed by atoms with E-state index in [0.717, 1.165) is 22.7 Å². The molecule has 0 spiro atoms. The number of hydrogen-bond acceptors (Lipinski definition) is 1. The molecule has 0 aliphatic heterocycles. The maximum atomic E-state index is 6.17. The van der Waals surface area contributed by atoms with Gasteiger partial charge in [0, 0.05) is 5.02 Å². The molecule has 19 heavy (non-hydrogen) atoms. The molecule has 2 aromatic carbocycles. The molecule has 98 valence electrons. The lowest BCUT2D eigenvalue weighted by Crippen LogP contribution is -2.10. The molecule has 1 unspecified atom stereocenters. The number of benzene rings is 2. The lowest BCUT2D eigenvalue weighted by atomic mass is 10.0. The standard InChI is InChI=1S/C16H15Cl2N/c1-2-5-15(12-8-10-13(17)11-9-12)19-16-7-4-3-6-14(16)18/h2-4,6-11,15,19H,1,5H2. The van der Waals surface area contributed by atoms with Crippen LogP contribution in [0.1, 0.15) is 18.0 Å². The van der Waals surface area contributed by atoms with Crippen LogP contribution in [0.15, 0.2) is 61.2 Å². The number of anilines is 1. The van der Waals surface area contributed by atoms with E-state index >= 15 is 0 Å². The zero-order valence-electron chi connectivity index (χ0n) is 10.4. The lowest BCUT2D eigenvalue weighted by molar-refractivity contribution is 0.799. The average molecular weight is 292 g/mol. The van der Waals surface area contributed by atoms with Crippen LogP contribution in [0.25, 0.3) is 0 Å². The predicted octanol–water partition coefficient (Wildman–Crippen LogP) is 5.72. The highest BCUT2D eigenvalue weighted by Gasteiger charge is 2.11. The van der Waals surface area contributed by atoms with Crippen LogP contribution in [0.2, 0.25) is 10.0 Å². The van der Waals surface area contributed by atoms with Crippen molar-refractivity contribution < 1.29 is 0 Å². The quantitative estimate of drug-likeness (QED) is 0.695. The first kappa shape index (κ1) is 14.0. The van der Waals surface area contributed by atoms with Crippen molar-refractivity contribution in [1.29, 1.82) is 0 Å². The second-order valence-corrected chi connectivity index (χ2v) is 5.10. The number of halogens is 2. The van der Waals surface area contributed by atoms with Crippen LogP contribution in [-0.4, -0.2) is 0 Å². The molecule has 0 bridgehead atoms. The number of rotatable bonds is 5. The molecular weight excluding hydrogens is 277 g/mol. The minimum absolute atomic E-state index is 0.134. The van der Waals surface area contributed by atoms with Crippen molar-refractivity contribution in [2.24, 2.45) is 0 Å². The zero-order valence-corrected chi connectivity index (χ0v) is 12.0. The van der Waals surface area contributed by atoms with E-state index in [1.54, 1.807) is 0 Å². The summed E-state index contributed by atoms with van der Waals surface area (Å²) in [5.41, 5.74) is 2.08. The summed E-state index contributed by atoms with van der Waals surface area (Å²) in [5, 5.41) is 4.89. The molecule has 1 atom stereocenters. The van der Waals surface area contributed by atoms with Crippen LogP contribution < -0.4 is 5.32 Å². The van der Waals surface area contributed by atoms with E-state index in [1.165, 1.54) is 0 Å². The smallest absolute Gasteiger partial charge is 0.0637 e. The van der Waals surface area contributed by atoms with Crippen molar-refractivity contribution in [3.63, 3.8) is 0 Å². The van der Waals surface area contributed by atoms with Crippen LogP contribution >= 0.6 is 23.2 Å². The molecular formula is C16H15Cl2N. The average Bonchev–Trinajstić information content (AvgIpc) is 2.42. The number of nitrogens with one attached hydrogen (secondary N) is 1. The van der Waals surface area contributed by atoms with E-state index in [4.69, 9.17) is 23.2 Å². The minimum atomic E-state index is 0.134. The third kappa shape index (κ3) is 3.76. The Labute approximate surface area is 123 Å². The Morgan fingerprint density at radius 1 is 1.05 bits per heavy atom. The Balaban J connectivity index is 2.23. The molecule has 0 aromatic heterocycles. The molecule has 2 rings (SSSR count). The second-order valence-electron chi connectivity index (χ2n) is 4.25. The number of para-hydroxylation sites is 1. The van der Waals surface area contributed by atoms with E-state index < -0.39 is 0 Å². The molecule has 0 saturated heterocycles. The summed E-state index contributed by atoms with van der Waals surface area (Å²) < 4.78 is 0. The van der Waals surface area contributed by atoms with Crippen molar-refractivity contribution in [3.8, 4) is 0 Å². The topological polar surface area (TPSA) is 12.0 Å². The SMILES string of the molecule is C=CCC(Nc1ccccc1Cl)c1ccc(Cl)cc1. The summed E-state index contributed by atoms with van der Waals surface area (Å²) >= 11 is 12.1. The Bertz CT molecular complexity index is 549. The molecule has 0 aliphatic rings. The fourth-order valence-electron chi connectivity index (χ4n) is 1.91. The molecule has 0 aliphatic carbocycles. The largest absolute Gasteiger partial charge is 0.377 e. The first-order valence-corrected chi connectivity index (χ1v) is 6.83. The van der Waals surface area contributed by atoms with Crippen molar-refractivity contribution in [1.82, 2.24) is 0 Å².